The van der Waals surface area contributed by atoms with Gasteiger partial charge in [-0.15, -0.1) is 0 Å². The number of hydrogen-bond donors (Lipinski definition) is 1. The molecule has 20 heavy (non-hydrogen) atoms. The lowest BCUT2D eigenvalue weighted by atomic mass is 10.2. The second-order valence-electron chi connectivity index (χ2n) is 5.44. The number of benzene rings is 1. The van der Waals surface area contributed by atoms with Crippen molar-refractivity contribution in [3.8, 4) is 5.75 Å². The zero-order valence-electron chi connectivity index (χ0n) is 12.4. The highest BCUT2D eigenvalue weighted by atomic mass is 16.5. The normalized spacial score (nSPS) is 16.5. The molecule has 110 valence electrons. The predicted molar refractivity (Wildman–Crippen MR) is 81.3 cm³/mol. The molecule has 2 rings (SSSR count). The fourth-order valence-corrected chi connectivity index (χ4v) is 2.61. The summed E-state index contributed by atoms with van der Waals surface area (Å²) in [6.07, 6.45) is 4.95. The second kappa shape index (κ2) is 7.29. The number of carbonyl (C=O) groups is 1. The first kappa shape index (κ1) is 14.9. The van der Waals surface area contributed by atoms with Crippen molar-refractivity contribution < 1.29 is 9.53 Å². The Morgan fingerprint density at radius 1 is 1.25 bits per heavy atom. The predicted octanol–water partition coefficient (Wildman–Crippen LogP) is 2.82. The van der Waals surface area contributed by atoms with Crippen LogP contribution < -0.4 is 10.1 Å². The van der Waals surface area contributed by atoms with Gasteiger partial charge in [-0.3, -0.25) is 9.69 Å². The van der Waals surface area contributed by atoms with E-state index in [2.05, 4.69) is 10.2 Å². The van der Waals surface area contributed by atoms with Crippen LogP contribution >= 0.6 is 0 Å². The number of amides is 1. The SMILES string of the molecule is COc1ccc(C)cc1NC(=O)CN1CCCCCC1. The van der Waals surface area contributed by atoms with Crippen LogP contribution in [0.25, 0.3) is 0 Å². The van der Waals surface area contributed by atoms with Crippen molar-refractivity contribution in [2.45, 2.75) is 32.6 Å². The highest BCUT2D eigenvalue weighted by Crippen LogP contribution is 2.25. The van der Waals surface area contributed by atoms with Gasteiger partial charge in [0.1, 0.15) is 5.75 Å². The van der Waals surface area contributed by atoms with Gasteiger partial charge >= 0.3 is 0 Å². The van der Waals surface area contributed by atoms with Crippen LogP contribution in [-0.4, -0.2) is 37.6 Å². The van der Waals surface area contributed by atoms with Gasteiger partial charge in [0.25, 0.3) is 0 Å². The van der Waals surface area contributed by atoms with Gasteiger partial charge in [0, 0.05) is 0 Å². The number of carbonyl (C=O) groups excluding carboxylic acids is 1. The van der Waals surface area contributed by atoms with Gasteiger partial charge in [0.2, 0.25) is 5.91 Å². The number of anilines is 1. The molecule has 4 heteroatoms. The topological polar surface area (TPSA) is 41.6 Å². The molecule has 0 aliphatic carbocycles. The molecule has 1 aromatic carbocycles. The summed E-state index contributed by atoms with van der Waals surface area (Å²) in [7, 11) is 1.62. The number of hydrogen-bond acceptors (Lipinski definition) is 3. The van der Waals surface area contributed by atoms with Crippen LogP contribution in [0.5, 0.6) is 5.75 Å². The molecule has 1 amide bonds. The van der Waals surface area contributed by atoms with Gasteiger partial charge in [0.15, 0.2) is 0 Å². The molecule has 1 aliphatic heterocycles. The van der Waals surface area contributed by atoms with Crippen molar-refractivity contribution >= 4 is 11.6 Å². The van der Waals surface area contributed by atoms with Crippen LogP contribution in [0.2, 0.25) is 0 Å². The number of nitrogens with zero attached hydrogens (tertiary/aromatic N) is 1. The van der Waals surface area contributed by atoms with Crippen LogP contribution in [0, 0.1) is 6.92 Å². The zero-order chi connectivity index (χ0) is 14.4. The third kappa shape index (κ3) is 4.23. The molecule has 0 bridgehead atoms. The van der Waals surface area contributed by atoms with Crippen molar-refractivity contribution in [3.63, 3.8) is 0 Å². The first-order valence-electron chi connectivity index (χ1n) is 7.36. The maximum absolute atomic E-state index is 12.2. The lowest BCUT2D eigenvalue weighted by Gasteiger charge is -2.19. The molecule has 1 fully saturated rings. The van der Waals surface area contributed by atoms with Crippen LogP contribution in [0.1, 0.15) is 31.2 Å². The molecule has 0 spiro atoms. The minimum absolute atomic E-state index is 0.0378. The Morgan fingerprint density at radius 3 is 2.60 bits per heavy atom. The van der Waals surface area contributed by atoms with E-state index in [1.54, 1.807) is 7.11 Å². The van der Waals surface area contributed by atoms with Gasteiger partial charge < -0.3 is 10.1 Å². The molecule has 1 heterocycles. The summed E-state index contributed by atoms with van der Waals surface area (Å²) in [6, 6.07) is 5.80. The molecule has 1 aromatic rings. The van der Waals surface area contributed by atoms with E-state index in [1.165, 1.54) is 25.7 Å². The molecule has 0 atom stereocenters. The fourth-order valence-electron chi connectivity index (χ4n) is 2.61. The maximum Gasteiger partial charge on any atom is 0.238 e. The summed E-state index contributed by atoms with van der Waals surface area (Å²) >= 11 is 0. The fraction of sp³-hybridized carbons (Fsp3) is 0.562. The first-order chi connectivity index (χ1) is 9.69. The summed E-state index contributed by atoms with van der Waals surface area (Å²) in [4.78, 5) is 14.4. The zero-order valence-corrected chi connectivity index (χ0v) is 12.4. The Balaban J connectivity index is 1.95. The standard InChI is InChI=1S/C16H24N2O2/c1-13-7-8-15(20-2)14(11-13)17-16(19)12-18-9-5-3-4-6-10-18/h7-8,11H,3-6,9-10,12H2,1-2H3,(H,17,19). The van der Waals surface area contributed by atoms with E-state index in [9.17, 15) is 4.79 Å². The van der Waals surface area contributed by atoms with Crippen molar-refractivity contribution in [1.82, 2.24) is 4.90 Å². The molecule has 0 radical (unpaired) electrons. The maximum atomic E-state index is 12.2. The minimum atomic E-state index is 0.0378. The number of rotatable bonds is 4. The minimum Gasteiger partial charge on any atom is -0.495 e. The Labute approximate surface area is 121 Å². The number of likely N-dealkylation sites (tertiary alicyclic amines) is 1. The van der Waals surface area contributed by atoms with Crippen LogP contribution in [0.15, 0.2) is 18.2 Å². The van der Waals surface area contributed by atoms with Crippen molar-refractivity contribution in [2.24, 2.45) is 0 Å². The molecule has 1 saturated heterocycles. The van der Waals surface area contributed by atoms with Crippen molar-refractivity contribution in [2.75, 3.05) is 32.1 Å². The smallest absolute Gasteiger partial charge is 0.238 e. The molecular weight excluding hydrogens is 252 g/mol. The Morgan fingerprint density at radius 2 is 1.95 bits per heavy atom. The van der Waals surface area contributed by atoms with Crippen LogP contribution in [-0.2, 0) is 4.79 Å². The second-order valence-corrected chi connectivity index (χ2v) is 5.44. The molecule has 0 saturated carbocycles. The average molecular weight is 276 g/mol. The van der Waals surface area contributed by atoms with Gasteiger partial charge in [0.05, 0.1) is 19.3 Å². The van der Waals surface area contributed by atoms with E-state index in [1.807, 2.05) is 25.1 Å². The molecule has 1 aliphatic rings. The monoisotopic (exact) mass is 276 g/mol. The molecule has 4 nitrogen and oxygen atoms in total. The van der Waals surface area contributed by atoms with Crippen LogP contribution in [0.4, 0.5) is 5.69 Å². The Bertz CT molecular complexity index is 452. The van der Waals surface area contributed by atoms with E-state index in [4.69, 9.17) is 4.74 Å². The lowest BCUT2D eigenvalue weighted by Crippen LogP contribution is -2.34. The molecule has 0 unspecified atom stereocenters. The summed E-state index contributed by atoms with van der Waals surface area (Å²) in [5.74, 6) is 0.746. The quantitative estimate of drug-likeness (QED) is 0.919. The van der Waals surface area contributed by atoms with E-state index in [0.717, 1.165) is 24.3 Å². The highest BCUT2D eigenvalue weighted by molar-refractivity contribution is 5.93. The van der Waals surface area contributed by atoms with Crippen molar-refractivity contribution in [1.29, 1.82) is 0 Å². The van der Waals surface area contributed by atoms with Crippen LogP contribution in [0.3, 0.4) is 0 Å². The number of nitrogens with one attached hydrogen (secondary N) is 1. The van der Waals surface area contributed by atoms with Crippen molar-refractivity contribution in [3.05, 3.63) is 23.8 Å². The average Bonchev–Trinajstić information content (AvgIpc) is 2.67. The van der Waals surface area contributed by atoms with Gasteiger partial charge in [-0.1, -0.05) is 18.9 Å². The third-order valence-electron chi connectivity index (χ3n) is 3.69. The number of methoxy groups -OCH3 is 1. The van der Waals surface area contributed by atoms with E-state index >= 15 is 0 Å². The third-order valence-corrected chi connectivity index (χ3v) is 3.69. The van der Waals surface area contributed by atoms with Gasteiger partial charge in [-0.05, 0) is 50.6 Å². The number of ether oxygens (including phenoxy) is 1. The van der Waals surface area contributed by atoms with Gasteiger partial charge in [-0.2, -0.15) is 0 Å². The largest absolute Gasteiger partial charge is 0.495 e. The van der Waals surface area contributed by atoms with E-state index in [-0.39, 0.29) is 5.91 Å². The molecular formula is C16H24N2O2. The van der Waals surface area contributed by atoms with E-state index in [0.29, 0.717) is 12.3 Å². The summed E-state index contributed by atoms with van der Waals surface area (Å²) in [6.45, 7) is 4.53. The van der Waals surface area contributed by atoms with E-state index < -0.39 is 0 Å². The molecule has 0 aromatic heterocycles. The Kier molecular flexibility index (Phi) is 5.41. The lowest BCUT2D eigenvalue weighted by molar-refractivity contribution is -0.117. The first-order valence-corrected chi connectivity index (χ1v) is 7.36. The Hall–Kier alpha value is -1.55. The summed E-state index contributed by atoms with van der Waals surface area (Å²) < 4.78 is 5.28. The number of aryl methyl sites for hydroxylation is 1. The summed E-state index contributed by atoms with van der Waals surface area (Å²) in [5, 5.41) is 2.96. The summed E-state index contributed by atoms with van der Waals surface area (Å²) in [5.41, 5.74) is 1.86. The highest BCUT2D eigenvalue weighted by Gasteiger charge is 2.14. The van der Waals surface area contributed by atoms with Gasteiger partial charge in [-0.25, -0.2) is 0 Å². The molecule has 1 N–H and O–H groups in total.